The summed E-state index contributed by atoms with van der Waals surface area (Å²) in [6.45, 7) is 2.31. The van der Waals surface area contributed by atoms with Gasteiger partial charge >= 0.3 is 0 Å². The van der Waals surface area contributed by atoms with Crippen LogP contribution in [-0.4, -0.2) is 36.5 Å². The normalized spacial score (nSPS) is 20.1. The SMILES string of the molecule is Cc1ccccc1CNC(=O)[C@@H]1OCC(=O)N(C)[C@@H]1c1ccc(Cl)cc1. The molecule has 1 fully saturated rings. The maximum absolute atomic E-state index is 12.8. The number of likely N-dealkylation sites (N-methyl/N-ethyl adjacent to an activating group) is 1. The van der Waals surface area contributed by atoms with Gasteiger partial charge in [-0.1, -0.05) is 48.0 Å². The third-order valence-corrected chi connectivity index (χ3v) is 4.92. The molecule has 1 aliphatic rings. The predicted octanol–water partition coefficient (Wildman–Crippen LogP) is 2.86. The molecule has 1 heterocycles. The maximum atomic E-state index is 12.8. The van der Waals surface area contributed by atoms with Crippen LogP contribution in [0.25, 0.3) is 0 Å². The minimum Gasteiger partial charge on any atom is -0.356 e. The minimum absolute atomic E-state index is 0.108. The van der Waals surface area contributed by atoms with Crippen molar-refractivity contribution in [1.29, 1.82) is 0 Å². The minimum atomic E-state index is -0.775. The zero-order chi connectivity index (χ0) is 18.7. The van der Waals surface area contributed by atoms with Gasteiger partial charge in [0, 0.05) is 18.6 Å². The van der Waals surface area contributed by atoms with Crippen LogP contribution in [0.2, 0.25) is 5.02 Å². The van der Waals surface area contributed by atoms with E-state index in [1.54, 1.807) is 24.1 Å². The molecule has 0 radical (unpaired) electrons. The first-order valence-corrected chi connectivity index (χ1v) is 8.80. The average molecular weight is 373 g/mol. The molecule has 1 saturated heterocycles. The number of nitrogens with zero attached hydrogens (tertiary/aromatic N) is 1. The number of carbonyl (C=O) groups excluding carboxylic acids is 2. The van der Waals surface area contributed by atoms with Crippen LogP contribution >= 0.6 is 11.6 Å². The number of benzene rings is 2. The van der Waals surface area contributed by atoms with E-state index in [4.69, 9.17) is 16.3 Å². The van der Waals surface area contributed by atoms with E-state index in [2.05, 4.69) is 5.32 Å². The van der Waals surface area contributed by atoms with Crippen molar-refractivity contribution in [1.82, 2.24) is 10.2 Å². The Balaban J connectivity index is 1.79. The molecule has 0 bridgehead atoms. The first-order chi connectivity index (χ1) is 12.5. The number of hydrogen-bond donors (Lipinski definition) is 1. The van der Waals surface area contributed by atoms with Crippen LogP contribution < -0.4 is 5.32 Å². The molecule has 1 aliphatic heterocycles. The Hall–Kier alpha value is -2.37. The summed E-state index contributed by atoms with van der Waals surface area (Å²) < 4.78 is 5.60. The number of hydrogen-bond acceptors (Lipinski definition) is 3. The van der Waals surface area contributed by atoms with E-state index in [0.717, 1.165) is 16.7 Å². The Morgan fingerprint density at radius 3 is 2.62 bits per heavy atom. The van der Waals surface area contributed by atoms with Crippen molar-refractivity contribution in [2.45, 2.75) is 25.6 Å². The van der Waals surface area contributed by atoms with Crippen LogP contribution in [0.5, 0.6) is 0 Å². The van der Waals surface area contributed by atoms with Gasteiger partial charge in [-0.25, -0.2) is 0 Å². The first-order valence-electron chi connectivity index (χ1n) is 8.42. The van der Waals surface area contributed by atoms with Gasteiger partial charge in [-0.3, -0.25) is 9.59 Å². The first kappa shape index (κ1) is 18.4. The van der Waals surface area contributed by atoms with E-state index in [1.807, 2.05) is 43.3 Å². The van der Waals surface area contributed by atoms with Gasteiger partial charge in [-0.05, 0) is 35.7 Å². The molecule has 6 heteroatoms. The second-order valence-corrected chi connectivity index (χ2v) is 6.81. The second kappa shape index (κ2) is 7.89. The Bertz CT molecular complexity index is 807. The second-order valence-electron chi connectivity index (χ2n) is 6.38. The molecule has 26 heavy (non-hydrogen) atoms. The van der Waals surface area contributed by atoms with E-state index < -0.39 is 12.1 Å². The molecule has 3 rings (SSSR count). The topological polar surface area (TPSA) is 58.6 Å². The van der Waals surface area contributed by atoms with Crippen molar-refractivity contribution in [2.24, 2.45) is 0 Å². The highest BCUT2D eigenvalue weighted by Crippen LogP contribution is 2.30. The summed E-state index contributed by atoms with van der Waals surface area (Å²) >= 11 is 5.96. The fourth-order valence-corrected chi connectivity index (χ4v) is 3.21. The lowest BCUT2D eigenvalue weighted by molar-refractivity contribution is -0.162. The molecule has 0 saturated carbocycles. The number of amides is 2. The zero-order valence-electron chi connectivity index (χ0n) is 14.7. The Morgan fingerprint density at radius 1 is 1.23 bits per heavy atom. The van der Waals surface area contributed by atoms with Gasteiger partial charge in [0.15, 0.2) is 6.10 Å². The summed E-state index contributed by atoms with van der Waals surface area (Å²) in [4.78, 5) is 26.4. The summed E-state index contributed by atoms with van der Waals surface area (Å²) in [5.74, 6) is -0.402. The molecular formula is C20H21ClN2O3. The van der Waals surface area contributed by atoms with Gasteiger partial charge in [0.1, 0.15) is 6.61 Å². The highest BCUT2D eigenvalue weighted by atomic mass is 35.5. The molecule has 0 aliphatic carbocycles. The molecule has 0 unspecified atom stereocenters. The van der Waals surface area contributed by atoms with Gasteiger partial charge in [-0.2, -0.15) is 0 Å². The average Bonchev–Trinajstić information content (AvgIpc) is 2.64. The highest BCUT2D eigenvalue weighted by Gasteiger charge is 2.39. The Morgan fingerprint density at radius 2 is 1.92 bits per heavy atom. The Labute approximate surface area is 157 Å². The van der Waals surface area contributed by atoms with Gasteiger partial charge in [0.05, 0.1) is 6.04 Å². The summed E-state index contributed by atoms with van der Waals surface area (Å²) in [5, 5.41) is 3.53. The van der Waals surface area contributed by atoms with Crippen LogP contribution in [0.15, 0.2) is 48.5 Å². The van der Waals surface area contributed by atoms with Crippen molar-refractivity contribution in [3.05, 3.63) is 70.2 Å². The predicted molar refractivity (Wildman–Crippen MR) is 99.7 cm³/mol. The highest BCUT2D eigenvalue weighted by molar-refractivity contribution is 6.30. The number of aryl methyl sites for hydroxylation is 1. The van der Waals surface area contributed by atoms with Crippen LogP contribution in [0.4, 0.5) is 0 Å². The van der Waals surface area contributed by atoms with Crippen molar-refractivity contribution in [3.63, 3.8) is 0 Å². The number of halogens is 1. The van der Waals surface area contributed by atoms with Gasteiger partial charge < -0.3 is 15.0 Å². The lowest BCUT2D eigenvalue weighted by Crippen LogP contribution is -2.52. The fraction of sp³-hybridized carbons (Fsp3) is 0.300. The maximum Gasteiger partial charge on any atom is 0.251 e. The van der Waals surface area contributed by atoms with Gasteiger partial charge in [-0.15, -0.1) is 0 Å². The molecule has 0 spiro atoms. The molecule has 2 aromatic carbocycles. The monoisotopic (exact) mass is 372 g/mol. The van der Waals surface area contributed by atoms with Crippen molar-refractivity contribution in [3.8, 4) is 0 Å². The van der Waals surface area contributed by atoms with Crippen LogP contribution in [0.3, 0.4) is 0 Å². The molecule has 2 atom stereocenters. The standard InChI is InChI=1S/C20H21ClN2O3/c1-13-5-3-4-6-15(13)11-22-20(25)19-18(23(2)17(24)12-26-19)14-7-9-16(21)10-8-14/h3-10,18-19H,11-12H2,1-2H3,(H,22,25)/t18-,19-/m1/s1. The van der Waals surface area contributed by atoms with Crippen molar-refractivity contribution >= 4 is 23.4 Å². The molecule has 5 nitrogen and oxygen atoms in total. The quantitative estimate of drug-likeness (QED) is 0.897. The number of nitrogens with one attached hydrogen (secondary N) is 1. The molecule has 2 amide bonds. The number of carbonyl (C=O) groups is 2. The van der Waals surface area contributed by atoms with Crippen LogP contribution in [-0.2, 0) is 20.9 Å². The lowest BCUT2D eigenvalue weighted by Gasteiger charge is -2.38. The molecular weight excluding hydrogens is 352 g/mol. The van der Waals surface area contributed by atoms with Gasteiger partial charge in [0.2, 0.25) is 5.91 Å². The summed E-state index contributed by atoms with van der Waals surface area (Å²) in [6.07, 6.45) is -0.775. The van der Waals surface area contributed by atoms with Crippen LogP contribution in [0, 0.1) is 6.92 Å². The third kappa shape index (κ3) is 3.89. The number of rotatable bonds is 4. The van der Waals surface area contributed by atoms with E-state index >= 15 is 0 Å². The molecule has 136 valence electrons. The molecule has 1 N–H and O–H groups in total. The smallest absolute Gasteiger partial charge is 0.251 e. The lowest BCUT2D eigenvalue weighted by atomic mass is 9.97. The van der Waals surface area contributed by atoms with Crippen molar-refractivity contribution in [2.75, 3.05) is 13.7 Å². The molecule has 2 aromatic rings. The van der Waals surface area contributed by atoms with Crippen LogP contribution in [0.1, 0.15) is 22.7 Å². The zero-order valence-corrected chi connectivity index (χ0v) is 15.5. The van der Waals surface area contributed by atoms with E-state index in [1.165, 1.54) is 0 Å². The van der Waals surface area contributed by atoms with E-state index in [9.17, 15) is 9.59 Å². The third-order valence-electron chi connectivity index (χ3n) is 4.67. The number of ether oxygens (including phenoxy) is 1. The largest absolute Gasteiger partial charge is 0.356 e. The summed E-state index contributed by atoms with van der Waals surface area (Å²) in [5.41, 5.74) is 2.96. The summed E-state index contributed by atoms with van der Waals surface area (Å²) in [7, 11) is 1.69. The van der Waals surface area contributed by atoms with Crippen molar-refractivity contribution < 1.29 is 14.3 Å². The molecule has 0 aromatic heterocycles. The van der Waals surface area contributed by atoms with E-state index in [-0.39, 0.29) is 18.4 Å². The fourth-order valence-electron chi connectivity index (χ4n) is 3.08. The van der Waals surface area contributed by atoms with E-state index in [0.29, 0.717) is 11.6 Å². The summed E-state index contributed by atoms with van der Waals surface area (Å²) in [6, 6.07) is 14.5. The Kier molecular flexibility index (Phi) is 5.59. The number of morpholine rings is 1. The van der Waals surface area contributed by atoms with Gasteiger partial charge in [0.25, 0.3) is 5.91 Å².